The van der Waals surface area contributed by atoms with E-state index in [1.165, 1.54) is 0 Å². The fraction of sp³-hybridized carbons (Fsp3) is 0.0588. The summed E-state index contributed by atoms with van der Waals surface area (Å²) in [5.74, 6) is 0.895. The quantitative estimate of drug-likeness (QED) is 0.629. The lowest BCUT2D eigenvalue weighted by Crippen LogP contribution is -1.85. The number of aromatic nitrogens is 3. The number of thiophene rings is 1. The zero-order chi connectivity index (χ0) is 14.9. The fourth-order valence-electron chi connectivity index (χ4n) is 2.52. The van der Waals surface area contributed by atoms with Crippen LogP contribution in [0.4, 0.5) is 0 Å². The Labute approximate surface area is 131 Å². The third-order valence-corrected chi connectivity index (χ3v) is 4.61. The van der Waals surface area contributed by atoms with Crippen LogP contribution in [0.15, 0.2) is 61.1 Å². The fourth-order valence-corrected chi connectivity index (χ4v) is 3.37. The number of hydrogen-bond acceptors (Lipinski definition) is 4. The lowest BCUT2D eigenvalue weighted by molar-refractivity contribution is 0.285. The Morgan fingerprint density at radius 3 is 2.68 bits per heavy atom. The van der Waals surface area contributed by atoms with E-state index < -0.39 is 0 Å². The Hall–Kier alpha value is -2.50. The van der Waals surface area contributed by atoms with Crippen molar-refractivity contribution in [2.45, 2.75) is 6.61 Å². The van der Waals surface area contributed by atoms with E-state index in [-0.39, 0.29) is 6.61 Å². The van der Waals surface area contributed by atoms with Gasteiger partial charge in [-0.2, -0.15) is 0 Å². The summed E-state index contributed by atoms with van der Waals surface area (Å²) >= 11 is 1.56. The van der Waals surface area contributed by atoms with Crippen molar-refractivity contribution in [3.05, 3.63) is 65.9 Å². The molecule has 4 heterocycles. The largest absolute Gasteiger partial charge is 0.391 e. The molecule has 4 aromatic heterocycles. The molecular formula is C17H13N3OS. The van der Waals surface area contributed by atoms with Crippen LogP contribution in [-0.4, -0.2) is 19.5 Å². The van der Waals surface area contributed by atoms with E-state index in [9.17, 15) is 5.11 Å². The van der Waals surface area contributed by atoms with Crippen LogP contribution in [-0.2, 0) is 6.61 Å². The zero-order valence-corrected chi connectivity index (χ0v) is 12.5. The first-order chi connectivity index (χ1) is 10.9. The highest BCUT2D eigenvalue weighted by Crippen LogP contribution is 2.32. The summed E-state index contributed by atoms with van der Waals surface area (Å²) in [6.45, 7) is 0.0607. The summed E-state index contributed by atoms with van der Waals surface area (Å²) in [6.07, 6.45) is 5.57. The molecule has 0 amide bonds. The molecule has 4 aromatic rings. The minimum atomic E-state index is 0.0607. The molecule has 0 aromatic carbocycles. The number of fused-ring (bicyclic) bond motifs is 1. The molecule has 0 saturated carbocycles. The van der Waals surface area contributed by atoms with Gasteiger partial charge in [0.15, 0.2) is 5.82 Å². The first-order valence-corrected chi connectivity index (χ1v) is 7.76. The minimum Gasteiger partial charge on any atom is -0.391 e. The highest BCUT2D eigenvalue weighted by atomic mass is 32.1. The molecule has 0 aliphatic carbocycles. The number of imidazole rings is 1. The van der Waals surface area contributed by atoms with E-state index in [4.69, 9.17) is 4.98 Å². The molecule has 0 bridgehead atoms. The summed E-state index contributed by atoms with van der Waals surface area (Å²) in [4.78, 5) is 10.9. The summed E-state index contributed by atoms with van der Waals surface area (Å²) in [5.41, 5.74) is 3.04. The van der Waals surface area contributed by atoms with Gasteiger partial charge in [-0.15, -0.1) is 11.3 Å². The van der Waals surface area contributed by atoms with Crippen LogP contribution in [0.1, 0.15) is 4.88 Å². The molecule has 0 fully saturated rings. The van der Waals surface area contributed by atoms with E-state index in [0.717, 1.165) is 32.4 Å². The third kappa shape index (κ3) is 2.11. The molecule has 0 radical (unpaired) electrons. The van der Waals surface area contributed by atoms with Crippen LogP contribution >= 0.6 is 11.3 Å². The Bertz CT molecular complexity index is 927. The van der Waals surface area contributed by atoms with E-state index in [2.05, 4.69) is 15.5 Å². The number of nitrogens with zero attached hydrogens (tertiary/aromatic N) is 3. The number of rotatable bonds is 3. The van der Waals surface area contributed by atoms with Gasteiger partial charge in [-0.3, -0.25) is 9.38 Å². The van der Waals surface area contributed by atoms with Crippen LogP contribution < -0.4 is 0 Å². The van der Waals surface area contributed by atoms with E-state index in [1.54, 1.807) is 23.7 Å². The Balaban J connectivity index is 1.97. The van der Waals surface area contributed by atoms with Crippen molar-refractivity contribution in [2.24, 2.45) is 0 Å². The molecule has 108 valence electrons. The van der Waals surface area contributed by atoms with Crippen molar-refractivity contribution in [3.63, 3.8) is 0 Å². The molecule has 0 atom stereocenters. The summed E-state index contributed by atoms with van der Waals surface area (Å²) < 4.78 is 2.09. The van der Waals surface area contributed by atoms with Crippen LogP contribution in [0.2, 0.25) is 0 Å². The van der Waals surface area contributed by atoms with Crippen molar-refractivity contribution in [2.75, 3.05) is 0 Å². The second kappa shape index (κ2) is 5.36. The van der Waals surface area contributed by atoms with E-state index in [0.29, 0.717) is 0 Å². The van der Waals surface area contributed by atoms with Gasteiger partial charge >= 0.3 is 0 Å². The van der Waals surface area contributed by atoms with Crippen molar-refractivity contribution in [3.8, 4) is 22.0 Å². The van der Waals surface area contributed by atoms with E-state index >= 15 is 0 Å². The maximum atomic E-state index is 9.27. The average molecular weight is 307 g/mol. The standard InChI is InChI=1S/C17H13N3OS/c21-11-13-4-5-15(22-13)17-19-16(12-6-8-18-9-7-12)14-3-1-2-10-20(14)17/h1-10,21H,11H2. The second-order valence-electron chi connectivity index (χ2n) is 4.90. The van der Waals surface area contributed by atoms with Crippen LogP contribution in [0.25, 0.3) is 27.5 Å². The molecule has 5 heteroatoms. The van der Waals surface area contributed by atoms with Gasteiger partial charge in [0.25, 0.3) is 0 Å². The van der Waals surface area contributed by atoms with Crippen molar-refractivity contribution in [1.29, 1.82) is 0 Å². The Kier molecular flexibility index (Phi) is 3.21. The van der Waals surface area contributed by atoms with Crippen LogP contribution in [0.5, 0.6) is 0 Å². The maximum absolute atomic E-state index is 9.27. The predicted molar refractivity (Wildman–Crippen MR) is 87.7 cm³/mol. The van der Waals surface area contributed by atoms with Gasteiger partial charge in [0.05, 0.1) is 22.7 Å². The lowest BCUT2D eigenvalue weighted by atomic mass is 10.2. The van der Waals surface area contributed by atoms with Gasteiger partial charge in [-0.05, 0) is 36.4 Å². The van der Waals surface area contributed by atoms with Gasteiger partial charge in [0.1, 0.15) is 0 Å². The maximum Gasteiger partial charge on any atom is 0.155 e. The summed E-state index contributed by atoms with van der Waals surface area (Å²) in [6, 6.07) is 13.9. The SMILES string of the molecule is OCc1ccc(-c2nc(-c3ccncc3)c3ccccn23)s1. The topological polar surface area (TPSA) is 50.4 Å². The second-order valence-corrected chi connectivity index (χ2v) is 6.07. The Morgan fingerprint density at radius 1 is 1.05 bits per heavy atom. The Morgan fingerprint density at radius 2 is 1.91 bits per heavy atom. The number of aliphatic hydroxyl groups is 1. The normalized spacial score (nSPS) is 11.1. The van der Waals surface area contributed by atoms with Gasteiger partial charge in [0, 0.05) is 29.0 Å². The first-order valence-electron chi connectivity index (χ1n) is 6.94. The van der Waals surface area contributed by atoms with Gasteiger partial charge in [-0.25, -0.2) is 4.98 Å². The van der Waals surface area contributed by atoms with Crippen molar-refractivity contribution < 1.29 is 5.11 Å². The predicted octanol–water partition coefficient (Wildman–Crippen LogP) is 3.62. The number of aliphatic hydroxyl groups excluding tert-OH is 1. The highest BCUT2D eigenvalue weighted by molar-refractivity contribution is 7.15. The molecule has 0 aliphatic rings. The molecule has 22 heavy (non-hydrogen) atoms. The van der Waals surface area contributed by atoms with Crippen molar-refractivity contribution >= 4 is 16.9 Å². The molecular weight excluding hydrogens is 294 g/mol. The number of hydrogen-bond donors (Lipinski definition) is 1. The molecule has 0 saturated heterocycles. The average Bonchev–Trinajstić information content (AvgIpc) is 3.20. The third-order valence-electron chi connectivity index (χ3n) is 3.54. The van der Waals surface area contributed by atoms with Gasteiger partial charge in [-0.1, -0.05) is 6.07 Å². The van der Waals surface area contributed by atoms with Gasteiger partial charge in [0.2, 0.25) is 0 Å². The molecule has 1 N–H and O–H groups in total. The first kappa shape index (κ1) is 13.2. The van der Waals surface area contributed by atoms with Crippen molar-refractivity contribution in [1.82, 2.24) is 14.4 Å². The minimum absolute atomic E-state index is 0.0607. The van der Waals surface area contributed by atoms with Gasteiger partial charge < -0.3 is 5.11 Å². The van der Waals surface area contributed by atoms with Crippen LogP contribution in [0.3, 0.4) is 0 Å². The molecule has 0 aliphatic heterocycles. The zero-order valence-electron chi connectivity index (χ0n) is 11.7. The number of pyridine rings is 2. The smallest absolute Gasteiger partial charge is 0.155 e. The molecule has 0 unspecified atom stereocenters. The lowest BCUT2D eigenvalue weighted by Gasteiger charge is -1.98. The summed E-state index contributed by atoms with van der Waals surface area (Å²) in [7, 11) is 0. The monoisotopic (exact) mass is 307 g/mol. The molecule has 4 rings (SSSR count). The van der Waals surface area contributed by atoms with E-state index in [1.807, 2.05) is 42.6 Å². The molecule has 0 spiro atoms. The molecule has 4 nitrogen and oxygen atoms in total. The summed E-state index contributed by atoms with van der Waals surface area (Å²) in [5, 5.41) is 9.27. The highest BCUT2D eigenvalue weighted by Gasteiger charge is 2.15. The van der Waals surface area contributed by atoms with Crippen LogP contribution in [0, 0.1) is 0 Å².